The average Bonchev–Trinajstić information content (AvgIpc) is 2.70. The smallest absolute Gasteiger partial charge is 0.252 e. The number of hydrogen-bond acceptors (Lipinski definition) is 3. The van der Waals surface area contributed by atoms with E-state index in [1.165, 1.54) is 0 Å². The fraction of sp³-hybridized carbons (Fsp3) is 0.227. The Morgan fingerprint density at radius 1 is 0.926 bits per heavy atom. The molecule has 3 rings (SSSR count). The summed E-state index contributed by atoms with van der Waals surface area (Å²) in [6.45, 7) is 4.44. The van der Waals surface area contributed by atoms with Gasteiger partial charge in [-0.25, -0.2) is 4.98 Å². The van der Waals surface area contributed by atoms with Crippen molar-refractivity contribution in [2.75, 3.05) is 13.1 Å². The lowest BCUT2D eigenvalue weighted by Crippen LogP contribution is -2.36. The molecule has 0 aliphatic rings. The minimum absolute atomic E-state index is 0.0232. The Kier molecular flexibility index (Phi) is 5.81. The van der Waals surface area contributed by atoms with Crippen molar-refractivity contribution in [3.8, 4) is 11.3 Å². The summed E-state index contributed by atoms with van der Waals surface area (Å²) in [6, 6.07) is 19.2. The maximum atomic E-state index is 12.8. The third-order valence-corrected chi connectivity index (χ3v) is 4.26. The summed E-state index contributed by atoms with van der Waals surface area (Å²) in [4.78, 5) is 29.1. The first kappa shape index (κ1) is 18.6. The Bertz CT molecular complexity index is 952. The fourth-order valence-electron chi connectivity index (χ4n) is 2.78. The third-order valence-electron chi connectivity index (χ3n) is 4.26. The number of rotatable bonds is 6. The molecule has 0 fully saturated rings. The largest absolute Gasteiger partial charge is 0.354 e. The fourth-order valence-corrected chi connectivity index (χ4v) is 2.78. The predicted molar refractivity (Wildman–Crippen MR) is 107 cm³/mol. The summed E-state index contributed by atoms with van der Waals surface area (Å²) in [6.07, 6.45) is 0. The van der Waals surface area contributed by atoms with E-state index < -0.39 is 0 Å². The normalized spacial score (nSPS) is 10.8. The highest BCUT2D eigenvalue weighted by Crippen LogP contribution is 2.24. The van der Waals surface area contributed by atoms with Gasteiger partial charge in [0, 0.05) is 30.0 Å². The van der Waals surface area contributed by atoms with E-state index in [1.54, 1.807) is 0 Å². The van der Waals surface area contributed by atoms with E-state index in [9.17, 15) is 9.59 Å². The van der Waals surface area contributed by atoms with Crippen molar-refractivity contribution in [2.24, 2.45) is 5.92 Å². The molecule has 5 nitrogen and oxygen atoms in total. The monoisotopic (exact) mass is 361 g/mol. The summed E-state index contributed by atoms with van der Waals surface area (Å²) in [7, 11) is 0. The Morgan fingerprint density at radius 3 is 2.33 bits per heavy atom. The van der Waals surface area contributed by atoms with Gasteiger partial charge in [0.1, 0.15) is 0 Å². The number of carbonyl (C=O) groups is 2. The summed E-state index contributed by atoms with van der Waals surface area (Å²) in [5.74, 6) is -0.271. The lowest BCUT2D eigenvalue weighted by molar-refractivity contribution is -0.123. The molecule has 2 aromatic carbocycles. The molecule has 138 valence electrons. The Morgan fingerprint density at radius 2 is 1.59 bits per heavy atom. The number of benzene rings is 2. The molecule has 0 bridgehead atoms. The molecule has 0 aliphatic carbocycles. The van der Waals surface area contributed by atoms with Crippen LogP contribution in [-0.2, 0) is 4.79 Å². The van der Waals surface area contributed by atoms with E-state index in [2.05, 4.69) is 10.6 Å². The number of fused-ring (bicyclic) bond motifs is 1. The van der Waals surface area contributed by atoms with Gasteiger partial charge >= 0.3 is 0 Å². The number of pyridine rings is 1. The first-order chi connectivity index (χ1) is 13.1. The van der Waals surface area contributed by atoms with Gasteiger partial charge < -0.3 is 10.6 Å². The Hall–Kier alpha value is -3.21. The molecule has 0 saturated heterocycles. The number of hydrogen-bond donors (Lipinski definition) is 2. The quantitative estimate of drug-likeness (QED) is 0.661. The molecule has 0 unspecified atom stereocenters. The van der Waals surface area contributed by atoms with Crippen LogP contribution >= 0.6 is 0 Å². The molecule has 2 amide bonds. The van der Waals surface area contributed by atoms with Gasteiger partial charge in [0.05, 0.1) is 16.8 Å². The van der Waals surface area contributed by atoms with Gasteiger partial charge in [0.25, 0.3) is 5.91 Å². The highest BCUT2D eigenvalue weighted by Gasteiger charge is 2.14. The van der Waals surface area contributed by atoms with E-state index in [0.717, 1.165) is 22.2 Å². The van der Waals surface area contributed by atoms with Crippen molar-refractivity contribution >= 4 is 22.7 Å². The molecular weight excluding hydrogens is 338 g/mol. The highest BCUT2D eigenvalue weighted by atomic mass is 16.2. The molecule has 3 aromatic rings. The van der Waals surface area contributed by atoms with E-state index in [-0.39, 0.29) is 17.7 Å². The van der Waals surface area contributed by atoms with Crippen LogP contribution in [0.1, 0.15) is 24.2 Å². The summed E-state index contributed by atoms with van der Waals surface area (Å²) in [5.41, 5.74) is 3.07. The Balaban J connectivity index is 1.82. The third kappa shape index (κ3) is 4.50. The number of para-hydroxylation sites is 1. The van der Waals surface area contributed by atoms with Crippen molar-refractivity contribution < 1.29 is 9.59 Å². The van der Waals surface area contributed by atoms with Crippen LogP contribution in [0.5, 0.6) is 0 Å². The maximum absolute atomic E-state index is 12.8. The second-order valence-electron chi connectivity index (χ2n) is 6.64. The van der Waals surface area contributed by atoms with Gasteiger partial charge in [0.2, 0.25) is 5.91 Å². The van der Waals surface area contributed by atoms with Crippen molar-refractivity contribution in [3.05, 3.63) is 66.2 Å². The molecule has 0 atom stereocenters. The molecule has 0 saturated carbocycles. The van der Waals surface area contributed by atoms with Crippen LogP contribution in [0, 0.1) is 5.92 Å². The highest BCUT2D eigenvalue weighted by molar-refractivity contribution is 6.07. The van der Waals surface area contributed by atoms with Crippen LogP contribution in [0.3, 0.4) is 0 Å². The topological polar surface area (TPSA) is 71.1 Å². The van der Waals surface area contributed by atoms with Crippen LogP contribution in [0.25, 0.3) is 22.2 Å². The van der Waals surface area contributed by atoms with E-state index in [0.29, 0.717) is 18.7 Å². The van der Waals surface area contributed by atoms with Crippen molar-refractivity contribution in [1.29, 1.82) is 0 Å². The standard InChI is InChI=1S/C22H23N3O2/c1-15(2)21(26)23-12-13-24-22(27)18-14-20(16-8-4-3-5-9-16)25-19-11-7-6-10-17(18)19/h3-11,14-15H,12-13H2,1-2H3,(H,23,26)(H,24,27). The zero-order chi connectivity index (χ0) is 19.2. The zero-order valence-corrected chi connectivity index (χ0v) is 15.5. The summed E-state index contributed by atoms with van der Waals surface area (Å²) in [5, 5.41) is 6.49. The summed E-state index contributed by atoms with van der Waals surface area (Å²) < 4.78 is 0. The number of nitrogens with one attached hydrogen (secondary N) is 2. The van der Waals surface area contributed by atoms with Gasteiger partial charge in [-0.05, 0) is 12.1 Å². The number of aromatic nitrogens is 1. The van der Waals surface area contributed by atoms with Gasteiger partial charge in [-0.3, -0.25) is 9.59 Å². The van der Waals surface area contributed by atoms with E-state index in [1.807, 2.05) is 74.5 Å². The molecule has 2 N–H and O–H groups in total. The molecule has 5 heteroatoms. The molecule has 27 heavy (non-hydrogen) atoms. The second kappa shape index (κ2) is 8.45. The lowest BCUT2D eigenvalue weighted by atomic mass is 10.0. The van der Waals surface area contributed by atoms with Gasteiger partial charge in [-0.2, -0.15) is 0 Å². The molecule has 1 heterocycles. The van der Waals surface area contributed by atoms with E-state index in [4.69, 9.17) is 4.98 Å². The van der Waals surface area contributed by atoms with Crippen LogP contribution in [-0.4, -0.2) is 29.9 Å². The molecule has 0 spiro atoms. The van der Waals surface area contributed by atoms with Crippen molar-refractivity contribution in [2.45, 2.75) is 13.8 Å². The molecular formula is C22H23N3O2. The van der Waals surface area contributed by atoms with Crippen LogP contribution < -0.4 is 10.6 Å². The minimum Gasteiger partial charge on any atom is -0.354 e. The average molecular weight is 361 g/mol. The second-order valence-corrected chi connectivity index (χ2v) is 6.64. The van der Waals surface area contributed by atoms with Crippen molar-refractivity contribution in [1.82, 2.24) is 15.6 Å². The predicted octanol–water partition coefficient (Wildman–Crippen LogP) is 3.40. The van der Waals surface area contributed by atoms with Gasteiger partial charge in [-0.1, -0.05) is 62.4 Å². The SMILES string of the molecule is CC(C)C(=O)NCCNC(=O)c1cc(-c2ccccc2)nc2ccccc12. The number of nitrogens with zero attached hydrogens (tertiary/aromatic N) is 1. The van der Waals surface area contributed by atoms with E-state index >= 15 is 0 Å². The minimum atomic E-state index is -0.176. The molecule has 1 aromatic heterocycles. The van der Waals surface area contributed by atoms with Crippen LogP contribution in [0.15, 0.2) is 60.7 Å². The Labute approximate surface area is 158 Å². The first-order valence-corrected chi connectivity index (χ1v) is 9.07. The van der Waals surface area contributed by atoms with Gasteiger partial charge in [-0.15, -0.1) is 0 Å². The lowest BCUT2D eigenvalue weighted by Gasteiger charge is -2.11. The van der Waals surface area contributed by atoms with Crippen LogP contribution in [0.4, 0.5) is 0 Å². The number of carbonyl (C=O) groups excluding carboxylic acids is 2. The van der Waals surface area contributed by atoms with Crippen molar-refractivity contribution in [3.63, 3.8) is 0 Å². The number of amides is 2. The zero-order valence-electron chi connectivity index (χ0n) is 15.5. The molecule has 0 aliphatic heterocycles. The maximum Gasteiger partial charge on any atom is 0.252 e. The summed E-state index contributed by atoms with van der Waals surface area (Å²) >= 11 is 0. The molecule has 0 radical (unpaired) electrons. The van der Waals surface area contributed by atoms with Crippen LogP contribution in [0.2, 0.25) is 0 Å². The van der Waals surface area contributed by atoms with Gasteiger partial charge in [0.15, 0.2) is 0 Å². The first-order valence-electron chi connectivity index (χ1n) is 9.07.